The van der Waals surface area contributed by atoms with E-state index in [0.717, 1.165) is 0 Å². The van der Waals surface area contributed by atoms with Gasteiger partial charge in [0.1, 0.15) is 5.60 Å². The van der Waals surface area contributed by atoms with E-state index in [-0.39, 0.29) is 13.1 Å². The van der Waals surface area contributed by atoms with Crippen molar-refractivity contribution in [1.82, 2.24) is 4.90 Å². The van der Waals surface area contributed by atoms with Crippen LogP contribution >= 0.6 is 11.6 Å². The zero-order chi connectivity index (χ0) is 14.3. The summed E-state index contributed by atoms with van der Waals surface area (Å²) in [5, 5.41) is 19.7. The van der Waals surface area contributed by atoms with Crippen molar-refractivity contribution in [3.05, 3.63) is 34.9 Å². The Bertz CT molecular complexity index is 443. The molecule has 0 aromatic heterocycles. The molecule has 0 aliphatic carbocycles. The lowest BCUT2D eigenvalue weighted by Crippen LogP contribution is -2.61. The fraction of sp³-hybridized carbons (Fsp3) is 0.500. The van der Waals surface area contributed by atoms with Crippen LogP contribution in [0, 0.1) is 0 Å². The van der Waals surface area contributed by atoms with Crippen LogP contribution in [0.4, 0.5) is 13.2 Å². The summed E-state index contributed by atoms with van der Waals surface area (Å²) in [7, 11) is 0. The zero-order valence-corrected chi connectivity index (χ0v) is 10.6. The third kappa shape index (κ3) is 3.20. The molecule has 2 N–H and O–H groups in total. The molecular formula is C12H13ClF3NO2. The summed E-state index contributed by atoms with van der Waals surface area (Å²) in [4.78, 5) is 1.35. The molecule has 1 atom stereocenters. The third-order valence-corrected chi connectivity index (χ3v) is 3.41. The molecule has 0 unspecified atom stereocenters. The van der Waals surface area contributed by atoms with Crippen molar-refractivity contribution in [3.8, 4) is 0 Å². The molecule has 1 aromatic carbocycles. The highest BCUT2D eigenvalue weighted by atomic mass is 35.5. The number of hydrogen-bond acceptors (Lipinski definition) is 3. The molecule has 3 nitrogen and oxygen atoms in total. The molecule has 1 aliphatic heterocycles. The molecule has 0 bridgehead atoms. The lowest BCUT2D eigenvalue weighted by atomic mass is 9.86. The average molecular weight is 296 g/mol. The Balaban J connectivity index is 1.93. The van der Waals surface area contributed by atoms with Gasteiger partial charge in [-0.25, -0.2) is 0 Å². The Hall–Kier alpha value is -0.820. The van der Waals surface area contributed by atoms with E-state index in [2.05, 4.69) is 0 Å². The highest BCUT2D eigenvalue weighted by Gasteiger charge is 2.46. The van der Waals surface area contributed by atoms with Crippen LogP contribution in [0.2, 0.25) is 5.02 Å². The summed E-state index contributed by atoms with van der Waals surface area (Å²) in [5.74, 6) is 0. The van der Waals surface area contributed by atoms with Gasteiger partial charge in [0.2, 0.25) is 0 Å². The summed E-state index contributed by atoms with van der Waals surface area (Å²) < 4.78 is 36.5. The minimum absolute atomic E-state index is 0.0573. The largest absolute Gasteiger partial charge is 0.415 e. The SMILES string of the molecule is O[C@@H](CN1CC(O)(c2ccc(Cl)cc2)C1)C(F)(F)F. The minimum Gasteiger partial charge on any atom is -0.382 e. The fourth-order valence-corrected chi connectivity index (χ4v) is 2.24. The molecule has 2 rings (SSSR count). The van der Waals surface area contributed by atoms with Gasteiger partial charge >= 0.3 is 6.18 Å². The van der Waals surface area contributed by atoms with Crippen molar-refractivity contribution in [2.24, 2.45) is 0 Å². The predicted molar refractivity (Wildman–Crippen MR) is 63.9 cm³/mol. The standard InChI is InChI=1S/C12H13ClF3NO2/c13-9-3-1-8(2-4-9)11(19)6-17(7-11)5-10(18)12(14,15)16/h1-4,10,18-19H,5-7H2/t10-/m0/s1. The van der Waals surface area contributed by atoms with Gasteiger partial charge in [-0.15, -0.1) is 0 Å². The van der Waals surface area contributed by atoms with E-state index in [1.165, 1.54) is 4.90 Å². The van der Waals surface area contributed by atoms with Crippen molar-refractivity contribution in [3.63, 3.8) is 0 Å². The number of aliphatic hydroxyl groups is 2. The molecular weight excluding hydrogens is 283 g/mol. The fourth-order valence-electron chi connectivity index (χ4n) is 2.11. The van der Waals surface area contributed by atoms with Crippen molar-refractivity contribution >= 4 is 11.6 Å². The second-order valence-corrected chi connectivity index (χ2v) is 5.20. The Labute approximate surface area is 113 Å². The first-order valence-electron chi connectivity index (χ1n) is 5.66. The molecule has 1 fully saturated rings. The van der Waals surface area contributed by atoms with Gasteiger partial charge in [-0.1, -0.05) is 23.7 Å². The van der Waals surface area contributed by atoms with Crippen LogP contribution in [0.25, 0.3) is 0 Å². The molecule has 106 valence electrons. The predicted octanol–water partition coefficient (Wildman–Crippen LogP) is 1.77. The monoisotopic (exact) mass is 295 g/mol. The summed E-state index contributed by atoms with van der Waals surface area (Å²) in [5.41, 5.74) is -0.565. The molecule has 0 amide bonds. The lowest BCUT2D eigenvalue weighted by molar-refractivity contribution is -0.219. The zero-order valence-electron chi connectivity index (χ0n) is 9.86. The van der Waals surface area contributed by atoms with Gasteiger partial charge in [-0.05, 0) is 17.7 Å². The molecule has 0 radical (unpaired) electrons. The van der Waals surface area contributed by atoms with Crippen molar-refractivity contribution in [2.45, 2.75) is 17.9 Å². The first-order valence-corrected chi connectivity index (χ1v) is 6.04. The van der Waals surface area contributed by atoms with Crippen LogP contribution in [-0.2, 0) is 5.60 Å². The molecule has 1 heterocycles. The quantitative estimate of drug-likeness (QED) is 0.893. The third-order valence-electron chi connectivity index (χ3n) is 3.16. The van der Waals surface area contributed by atoms with E-state index >= 15 is 0 Å². The van der Waals surface area contributed by atoms with Crippen LogP contribution in [0.1, 0.15) is 5.56 Å². The van der Waals surface area contributed by atoms with Crippen molar-refractivity contribution in [2.75, 3.05) is 19.6 Å². The van der Waals surface area contributed by atoms with Gasteiger partial charge in [-0.2, -0.15) is 13.2 Å². The summed E-state index contributed by atoms with van der Waals surface area (Å²) in [6.45, 7) is -0.414. The van der Waals surface area contributed by atoms with Crippen LogP contribution in [0.15, 0.2) is 24.3 Å². The number of alkyl halides is 3. The maximum Gasteiger partial charge on any atom is 0.415 e. The lowest BCUT2D eigenvalue weighted by Gasteiger charge is -2.47. The van der Waals surface area contributed by atoms with Gasteiger partial charge in [-0.3, -0.25) is 4.90 Å². The van der Waals surface area contributed by atoms with Gasteiger partial charge < -0.3 is 10.2 Å². The Morgan fingerprint density at radius 2 is 1.79 bits per heavy atom. The van der Waals surface area contributed by atoms with E-state index < -0.39 is 24.4 Å². The smallest absolute Gasteiger partial charge is 0.382 e. The second-order valence-electron chi connectivity index (χ2n) is 4.77. The first kappa shape index (κ1) is 14.6. The Morgan fingerprint density at radius 1 is 1.26 bits per heavy atom. The van der Waals surface area contributed by atoms with Crippen molar-refractivity contribution < 1.29 is 23.4 Å². The minimum atomic E-state index is -4.63. The molecule has 1 saturated heterocycles. The van der Waals surface area contributed by atoms with E-state index in [4.69, 9.17) is 16.7 Å². The number of nitrogens with zero attached hydrogens (tertiary/aromatic N) is 1. The Kier molecular flexibility index (Phi) is 3.79. The number of hydrogen-bond donors (Lipinski definition) is 2. The van der Waals surface area contributed by atoms with Crippen molar-refractivity contribution in [1.29, 1.82) is 0 Å². The van der Waals surface area contributed by atoms with E-state index in [9.17, 15) is 18.3 Å². The summed E-state index contributed by atoms with van der Waals surface area (Å²) in [6, 6.07) is 6.50. The van der Waals surface area contributed by atoms with Gasteiger partial charge in [0.15, 0.2) is 6.10 Å². The maximum absolute atomic E-state index is 12.2. The topological polar surface area (TPSA) is 43.7 Å². The van der Waals surface area contributed by atoms with E-state index in [0.29, 0.717) is 10.6 Å². The van der Waals surface area contributed by atoms with Crippen LogP contribution in [-0.4, -0.2) is 47.0 Å². The summed E-state index contributed by atoms with van der Waals surface area (Å²) >= 11 is 5.72. The van der Waals surface area contributed by atoms with Crippen LogP contribution < -0.4 is 0 Å². The highest BCUT2D eigenvalue weighted by Crippen LogP contribution is 2.33. The van der Waals surface area contributed by atoms with E-state index in [1.54, 1.807) is 24.3 Å². The molecule has 1 aliphatic rings. The number of halogens is 4. The normalized spacial score (nSPS) is 20.9. The Morgan fingerprint density at radius 3 is 2.26 bits per heavy atom. The van der Waals surface area contributed by atoms with Crippen LogP contribution in [0.3, 0.4) is 0 Å². The first-order chi connectivity index (χ1) is 8.71. The van der Waals surface area contributed by atoms with Crippen LogP contribution in [0.5, 0.6) is 0 Å². The average Bonchev–Trinajstić information content (AvgIpc) is 2.26. The molecule has 19 heavy (non-hydrogen) atoms. The van der Waals surface area contributed by atoms with Gasteiger partial charge in [0, 0.05) is 24.7 Å². The number of β-amino-alcohol motifs (C(OH)–C–C–N with tert-alkyl or cyclic N) is 2. The molecule has 1 aromatic rings. The number of aliphatic hydroxyl groups excluding tert-OH is 1. The number of benzene rings is 1. The highest BCUT2D eigenvalue weighted by molar-refractivity contribution is 6.30. The second kappa shape index (κ2) is 4.94. The maximum atomic E-state index is 12.2. The number of likely N-dealkylation sites (tertiary alicyclic amines) is 1. The van der Waals surface area contributed by atoms with E-state index in [1.807, 2.05) is 0 Å². The molecule has 0 saturated carbocycles. The van der Waals surface area contributed by atoms with Gasteiger partial charge in [0.25, 0.3) is 0 Å². The van der Waals surface area contributed by atoms with Gasteiger partial charge in [0.05, 0.1) is 0 Å². The molecule has 7 heteroatoms. The number of rotatable bonds is 3. The molecule has 0 spiro atoms. The summed E-state index contributed by atoms with van der Waals surface area (Å²) in [6.07, 6.45) is -7.02.